The van der Waals surface area contributed by atoms with E-state index < -0.39 is 5.82 Å². The number of hydrogen-bond acceptors (Lipinski definition) is 5. The van der Waals surface area contributed by atoms with Gasteiger partial charge in [0, 0.05) is 20.1 Å². The molecule has 3 rings (SSSR count). The molecule has 0 N–H and O–H groups in total. The number of fused-ring (bicyclic) bond motifs is 1. The van der Waals surface area contributed by atoms with E-state index in [1.54, 1.807) is 4.90 Å². The highest BCUT2D eigenvalue weighted by Crippen LogP contribution is 2.33. The highest BCUT2D eigenvalue weighted by molar-refractivity contribution is 6.06. The zero-order valence-electron chi connectivity index (χ0n) is 9.71. The molecule has 6 nitrogen and oxygen atoms in total. The molecule has 1 aromatic rings. The summed E-state index contributed by atoms with van der Waals surface area (Å²) in [6, 6.07) is 0. The third-order valence-corrected chi connectivity index (χ3v) is 3.50. The Bertz CT molecular complexity index is 494. The normalized spacial score (nSPS) is 27.0. The molecule has 94 valence electrons. The second kappa shape index (κ2) is 3.72. The summed E-state index contributed by atoms with van der Waals surface area (Å²) in [5.41, 5.74) is 0. The van der Waals surface area contributed by atoms with Crippen LogP contribution in [0.4, 0.5) is 10.3 Å². The molecule has 2 saturated heterocycles. The number of aromatic nitrogens is 2. The lowest BCUT2D eigenvalue weighted by Crippen LogP contribution is -2.33. The minimum Gasteiger partial charge on any atom is -0.339 e. The lowest BCUT2D eigenvalue weighted by molar-refractivity contribution is -0.138. The summed E-state index contributed by atoms with van der Waals surface area (Å²) in [4.78, 5) is 34.3. The van der Waals surface area contributed by atoms with Gasteiger partial charge >= 0.3 is 0 Å². The van der Waals surface area contributed by atoms with Gasteiger partial charge in [0.2, 0.25) is 17.8 Å². The molecule has 2 fully saturated rings. The average Bonchev–Trinajstić information content (AvgIpc) is 2.88. The standard InChI is InChI=1S/C11H11FN4O2/c1-15-9(17)7-4-16(5-8(7)10(15)18)11-13-2-6(12)3-14-11/h2-3,7-8H,4-5H2,1H3. The van der Waals surface area contributed by atoms with Crippen molar-refractivity contribution in [3.8, 4) is 0 Å². The number of carbonyl (C=O) groups is 2. The number of anilines is 1. The third-order valence-electron chi connectivity index (χ3n) is 3.50. The number of likely N-dealkylation sites (tertiary alicyclic amines) is 1. The summed E-state index contributed by atoms with van der Waals surface area (Å²) < 4.78 is 12.7. The van der Waals surface area contributed by atoms with Gasteiger partial charge in [0.1, 0.15) is 0 Å². The molecule has 2 unspecified atom stereocenters. The summed E-state index contributed by atoms with van der Waals surface area (Å²) in [6.07, 6.45) is 2.15. The molecule has 2 atom stereocenters. The van der Waals surface area contributed by atoms with Crippen molar-refractivity contribution in [2.75, 3.05) is 25.0 Å². The topological polar surface area (TPSA) is 66.4 Å². The maximum absolute atomic E-state index is 12.7. The summed E-state index contributed by atoms with van der Waals surface area (Å²) in [5, 5.41) is 0. The van der Waals surface area contributed by atoms with Gasteiger partial charge in [0.05, 0.1) is 24.2 Å². The van der Waals surface area contributed by atoms with Crippen LogP contribution in [0.15, 0.2) is 12.4 Å². The Hall–Kier alpha value is -2.05. The van der Waals surface area contributed by atoms with Crippen molar-refractivity contribution in [2.24, 2.45) is 11.8 Å². The fourth-order valence-electron chi connectivity index (χ4n) is 2.54. The molecule has 0 aromatic carbocycles. The largest absolute Gasteiger partial charge is 0.339 e. The van der Waals surface area contributed by atoms with Crippen LogP contribution in [0, 0.1) is 17.7 Å². The van der Waals surface area contributed by atoms with Gasteiger partial charge in [-0.3, -0.25) is 14.5 Å². The first-order valence-corrected chi connectivity index (χ1v) is 5.62. The van der Waals surface area contributed by atoms with Crippen molar-refractivity contribution in [3.63, 3.8) is 0 Å². The van der Waals surface area contributed by atoms with E-state index in [2.05, 4.69) is 9.97 Å². The maximum atomic E-state index is 12.7. The van der Waals surface area contributed by atoms with Crippen LogP contribution in [0.3, 0.4) is 0 Å². The maximum Gasteiger partial charge on any atom is 0.234 e. The first-order valence-electron chi connectivity index (χ1n) is 5.62. The lowest BCUT2D eigenvalue weighted by atomic mass is 10.00. The number of hydrogen-bond donors (Lipinski definition) is 0. The summed E-state index contributed by atoms with van der Waals surface area (Å²) in [5.74, 6) is -1.12. The summed E-state index contributed by atoms with van der Waals surface area (Å²) >= 11 is 0. The van der Waals surface area contributed by atoms with Crippen LogP contribution in [-0.4, -0.2) is 46.8 Å². The number of rotatable bonds is 1. The number of imide groups is 1. The van der Waals surface area contributed by atoms with E-state index in [1.165, 1.54) is 11.9 Å². The first-order chi connectivity index (χ1) is 8.58. The fourth-order valence-corrected chi connectivity index (χ4v) is 2.54. The van der Waals surface area contributed by atoms with Crippen LogP contribution < -0.4 is 4.90 Å². The Kier molecular flexibility index (Phi) is 2.29. The first kappa shape index (κ1) is 11.1. The molecule has 1 aromatic heterocycles. The number of amides is 2. The second-order valence-electron chi connectivity index (χ2n) is 4.55. The summed E-state index contributed by atoms with van der Waals surface area (Å²) in [6.45, 7) is 0.816. The van der Waals surface area contributed by atoms with Crippen molar-refractivity contribution < 1.29 is 14.0 Å². The van der Waals surface area contributed by atoms with E-state index >= 15 is 0 Å². The Morgan fingerprint density at radius 1 is 1.17 bits per heavy atom. The van der Waals surface area contributed by atoms with Crippen molar-refractivity contribution >= 4 is 17.8 Å². The van der Waals surface area contributed by atoms with E-state index in [0.717, 1.165) is 12.4 Å². The number of nitrogens with zero attached hydrogens (tertiary/aromatic N) is 4. The van der Waals surface area contributed by atoms with Gasteiger partial charge in [-0.25, -0.2) is 14.4 Å². The smallest absolute Gasteiger partial charge is 0.234 e. The van der Waals surface area contributed by atoms with Crippen molar-refractivity contribution in [1.82, 2.24) is 14.9 Å². The van der Waals surface area contributed by atoms with Gasteiger partial charge < -0.3 is 4.90 Å². The van der Waals surface area contributed by atoms with Crippen molar-refractivity contribution in [3.05, 3.63) is 18.2 Å². The molecule has 0 radical (unpaired) electrons. The van der Waals surface area contributed by atoms with Crippen LogP contribution in [0.25, 0.3) is 0 Å². The van der Waals surface area contributed by atoms with E-state index in [0.29, 0.717) is 19.0 Å². The molecule has 2 aliphatic heterocycles. The molecular formula is C11H11FN4O2. The predicted octanol–water partition coefficient (Wildman–Crippen LogP) is -0.333. The van der Waals surface area contributed by atoms with Crippen LogP contribution in [0.5, 0.6) is 0 Å². The second-order valence-corrected chi connectivity index (χ2v) is 4.55. The zero-order chi connectivity index (χ0) is 12.9. The molecule has 2 amide bonds. The van der Waals surface area contributed by atoms with Crippen molar-refractivity contribution in [2.45, 2.75) is 0 Å². The minimum absolute atomic E-state index is 0.158. The van der Waals surface area contributed by atoms with Gasteiger partial charge in [-0.15, -0.1) is 0 Å². The van der Waals surface area contributed by atoms with Gasteiger partial charge in [-0.2, -0.15) is 0 Å². The fraction of sp³-hybridized carbons (Fsp3) is 0.455. The zero-order valence-corrected chi connectivity index (χ0v) is 9.71. The minimum atomic E-state index is -0.509. The lowest BCUT2D eigenvalue weighted by Gasteiger charge is -2.18. The third kappa shape index (κ3) is 1.47. The van der Waals surface area contributed by atoms with E-state index in [4.69, 9.17) is 0 Å². The van der Waals surface area contributed by atoms with Gasteiger partial charge in [0.25, 0.3) is 0 Å². The van der Waals surface area contributed by atoms with Gasteiger partial charge in [0.15, 0.2) is 5.82 Å². The molecule has 2 aliphatic rings. The SMILES string of the molecule is CN1C(=O)C2CN(c3ncc(F)cn3)CC2C1=O. The quantitative estimate of drug-likeness (QED) is 0.638. The van der Waals surface area contributed by atoms with Crippen LogP contribution in [-0.2, 0) is 9.59 Å². The molecule has 0 aliphatic carbocycles. The predicted molar refractivity (Wildman–Crippen MR) is 59.0 cm³/mol. The van der Waals surface area contributed by atoms with E-state index in [1.807, 2.05) is 0 Å². The Morgan fingerprint density at radius 3 is 2.17 bits per heavy atom. The highest BCUT2D eigenvalue weighted by Gasteiger charge is 2.51. The molecule has 7 heteroatoms. The molecule has 0 spiro atoms. The Labute approximate surface area is 102 Å². The Balaban J connectivity index is 1.83. The van der Waals surface area contributed by atoms with Gasteiger partial charge in [-0.05, 0) is 0 Å². The highest BCUT2D eigenvalue weighted by atomic mass is 19.1. The average molecular weight is 250 g/mol. The van der Waals surface area contributed by atoms with Crippen LogP contribution >= 0.6 is 0 Å². The summed E-state index contributed by atoms with van der Waals surface area (Å²) in [7, 11) is 1.50. The van der Waals surface area contributed by atoms with Crippen LogP contribution in [0.2, 0.25) is 0 Å². The Morgan fingerprint density at radius 2 is 1.67 bits per heavy atom. The van der Waals surface area contributed by atoms with Crippen LogP contribution in [0.1, 0.15) is 0 Å². The van der Waals surface area contributed by atoms with Gasteiger partial charge in [-0.1, -0.05) is 0 Å². The monoisotopic (exact) mass is 250 g/mol. The number of halogens is 1. The van der Waals surface area contributed by atoms with E-state index in [9.17, 15) is 14.0 Å². The molecular weight excluding hydrogens is 239 g/mol. The molecule has 0 saturated carbocycles. The molecule has 0 bridgehead atoms. The van der Waals surface area contributed by atoms with E-state index in [-0.39, 0.29) is 23.7 Å². The number of carbonyl (C=O) groups excluding carboxylic acids is 2. The van der Waals surface area contributed by atoms with Crippen molar-refractivity contribution in [1.29, 1.82) is 0 Å². The molecule has 3 heterocycles. The molecule has 18 heavy (non-hydrogen) atoms.